The van der Waals surface area contributed by atoms with E-state index in [-0.39, 0.29) is 12.0 Å². The van der Waals surface area contributed by atoms with Gasteiger partial charge in [0.15, 0.2) is 0 Å². The van der Waals surface area contributed by atoms with Gasteiger partial charge in [0.2, 0.25) is 5.88 Å². The Morgan fingerprint density at radius 3 is 2.64 bits per heavy atom. The van der Waals surface area contributed by atoms with Crippen molar-refractivity contribution in [3.05, 3.63) is 53.7 Å². The summed E-state index contributed by atoms with van der Waals surface area (Å²) < 4.78 is 11.2. The fourth-order valence-corrected chi connectivity index (χ4v) is 2.86. The van der Waals surface area contributed by atoms with Crippen LogP contribution in [0.2, 0.25) is 0 Å². The van der Waals surface area contributed by atoms with E-state index in [0.717, 1.165) is 37.3 Å². The molecule has 5 heteroatoms. The maximum absolute atomic E-state index is 12.5. The summed E-state index contributed by atoms with van der Waals surface area (Å²) in [5.41, 5.74) is 2.46. The number of nitrogens with zero attached hydrogens (tertiary/aromatic N) is 1. The molecule has 1 saturated heterocycles. The molecule has 2 heterocycles. The van der Waals surface area contributed by atoms with Gasteiger partial charge in [-0.15, -0.1) is 0 Å². The highest BCUT2D eigenvalue weighted by Crippen LogP contribution is 2.24. The largest absolute Gasteiger partial charge is 0.474 e. The quantitative estimate of drug-likeness (QED) is 0.893. The van der Waals surface area contributed by atoms with Crippen LogP contribution in [0.4, 0.5) is 5.69 Å². The van der Waals surface area contributed by atoms with Gasteiger partial charge in [0.05, 0.1) is 18.8 Å². The summed E-state index contributed by atoms with van der Waals surface area (Å²) in [6.07, 6.45) is 3.44. The van der Waals surface area contributed by atoms with Crippen molar-refractivity contribution in [2.45, 2.75) is 38.7 Å². The first-order valence-electron chi connectivity index (χ1n) is 8.74. The molecule has 1 fully saturated rings. The number of amides is 1. The maximum atomic E-state index is 12.5. The van der Waals surface area contributed by atoms with E-state index in [1.807, 2.05) is 24.3 Å². The van der Waals surface area contributed by atoms with Crippen LogP contribution in [0.5, 0.6) is 5.88 Å². The van der Waals surface area contributed by atoms with Crippen molar-refractivity contribution in [2.75, 3.05) is 18.5 Å². The van der Waals surface area contributed by atoms with Crippen molar-refractivity contribution in [3.8, 4) is 5.88 Å². The number of benzene rings is 1. The average molecular weight is 340 g/mol. The monoisotopic (exact) mass is 340 g/mol. The van der Waals surface area contributed by atoms with E-state index in [2.05, 4.69) is 24.1 Å². The minimum atomic E-state index is -0.168. The lowest BCUT2D eigenvalue weighted by Gasteiger charge is -2.22. The first-order valence-corrected chi connectivity index (χ1v) is 8.74. The number of hydrogen-bond acceptors (Lipinski definition) is 4. The highest BCUT2D eigenvalue weighted by Gasteiger charge is 2.16. The summed E-state index contributed by atoms with van der Waals surface area (Å²) in [6, 6.07) is 11.3. The zero-order valence-corrected chi connectivity index (χ0v) is 14.7. The number of anilines is 1. The number of ether oxygens (including phenoxy) is 2. The lowest BCUT2D eigenvalue weighted by Crippen LogP contribution is -2.26. The number of rotatable bonds is 5. The second-order valence-corrected chi connectivity index (χ2v) is 6.51. The van der Waals surface area contributed by atoms with Crippen LogP contribution in [-0.2, 0) is 4.74 Å². The average Bonchev–Trinajstić information content (AvgIpc) is 2.63. The van der Waals surface area contributed by atoms with E-state index in [9.17, 15) is 4.79 Å². The van der Waals surface area contributed by atoms with Crippen molar-refractivity contribution in [2.24, 2.45) is 0 Å². The van der Waals surface area contributed by atoms with E-state index < -0.39 is 0 Å². The Morgan fingerprint density at radius 2 is 1.96 bits per heavy atom. The molecule has 1 aliphatic rings. The van der Waals surface area contributed by atoms with Crippen molar-refractivity contribution in [1.82, 2.24) is 4.98 Å². The van der Waals surface area contributed by atoms with Crippen LogP contribution in [0.15, 0.2) is 42.6 Å². The molecule has 0 atom stereocenters. The summed E-state index contributed by atoms with van der Waals surface area (Å²) in [5.74, 6) is 0.717. The van der Waals surface area contributed by atoms with E-state index in [1.165, 1.54) is 0 Å². The molecule has 1 N–H and O–H groups in total. The minimum Gasteiger partial charge on any atom is -0.474 e. The second-order valence-electron chi connectivity index (χ2n) is 6.51. The smallest absolute Gasteiger partial charge is 0.257 e. The third kappa shape index (κ3) is 4.57. The maximum Gasteiger partial charge on any atom is 0.257 e. The van der Waals surface area contributed by atoms with Gasteiger partial charge < -0.3 is 14.8 Å². The molecular weight excluding hydrogens is 316 g/mol. The Hall–Kier alpha value is -2.40. The van der Waals surface area contributed by atoms with Crippen molar-refractivity contribution < 1.29 is 14.3 Å². The van der Waals surface area contributed by atoms with Gasteiger partial charge in [0, 0.05) is 30.8 Å². The Bertz CT molecular complexity index is 707. The van der Waals surface area contributed by atoms with Gasteiger partial charge in [-0.1, -0.05) is 32.0 Å². The fourth-order valence-electron chi connectivity index (χ4n) is 2.86. The van der Waals surface area contributed by atoms with Crippen molar-refractivity contribution >= 4 is 11.6 Å². The number of nitrogens with one attached hydrogen (secondary N) is 1. The van der Waals surface area contributed by atoms with Crippen molar-refractivity contribution in [1.29, 1.82) is 0 Å². The fraction of sp³-hybridized carbons (Fsp3) is 0.400. The van der Waals surface area contributed by atoms with Crippen LogP contribution in [0, 0.1) is 0 Å². The molecule has 132 valence electrons. The molecule has 0 unspecified atom stereocenters. The molecule has 1 amide bonds. The molecule has 1 aromatic heterocycles. The molecule has 0 radical (unpaired) electrons. The Kier molecular flexibility index (Phi) is 5.66. The highest BCUT2D eigenvalue weighted by atomic mass is 16.5. The molecule has 0 spiro atoms. The molecular formula is C20H24N2O3. The molecule has 2 aromatic rings. The van der Waals surface area contributed by atoms with Gasteiger partial charge in [-0.2, -0.15) is 0 Å². The van der Waals surface area contributed by atoms with Gasteiger partial charge >= 0.3 is 0 Å². The molecule has 1 aliphatic heterocycles. The number of pyridine rings is 1. The Balaban J connectivity index is 1.65. The molecule has 3 rings (SSSR count). The number of aromatic nitrogens is 1. The summed E-state index contributed by atoms with van der Waals surface area (Å²) in [6.45, 7) is 5.66. The van der Waals surface area contributed by atoms with Crippen LogP contribution in [0.25, 0.3) is 0 Å². The molecule has 0 aliphatic carbocycles. The minimum absolute atomic E-state index is 0.138. The van der Waals surface area contributed by atoms with Crippen LogP contribution in [-0.4, -0.2) is 30.2 Å². The SMILES string of the molecule is CC(C)c1ccccc1NC(=O)c1ccc(OC2CCOCC2)nc1. The highest BCUT2D eigenvalue weighted by molar-refractivity contribution is 6.04. The number of para-hydroxylation sites is 1. The predicted octanol–water partition coefficient (Wildman–Crippen LogP) is 4.02. The van der Waals surface area contributed by atoms with Gasteiger partial charge in [-0.25, -0.2) is 4.98 Å². The van der Waals surface area contributed by atoms with Crippen LogP contribution < -0.4 is 10.1 Å². The van der Waals surface area contributed by atoms with E-state index in [1.54, 1.807) is 18.3 Å². The summed E-state index contributed by atoms with van der Waals surface area (Å²) in [7, 11) is 0. The topological polar surface area (TPSA) is 60.5 Å². The third-order valence-corrected chi connectivity index (χ3v) is 4.29. The molecule has 25 heavy (non-hydrogen) atoms. The summed E-state index contributed by atoms with van der Waals surface area (Å²) in [4.78, 5) is 16.8. The number of carbonyl (C=O) groups excluding carboxylic acids is 1. The second kappa shape index (κ2) is 8.12. The van der Waals surface area contributed by atoms with Crippen LogP contribution in [0.3, 0.4) is 0 Å². The van der Waals surface area contributed by atoms with Crippen LogP contribution >= 0.6 is 0 Å². The molecule has 0 bridgehead atoms. The van der Waals surface area contributed by atoms with Gasteiger partial charge in [0.25, 0.3) is 5.91 Å². The molecule has 1 aromatic carbocycles. The zero-order chi connectivity index (χ0) is 17.6. The van der Waals surface area contributed by atoms with E-state index in [4.69, 9.17) is 9.47 Å². The van der Waals surface area contributed by atoms with E-state index >= 15 is 0 Å². The molecule has 0 saturated carbocycles. The Labute approximate surface area is 148 Å². The molecule has 5 nitrogen and oxygen atoms in total. The zero-order valence-electron chi connectivity index (χ0n) is 14.7. The first-order chi connectivity index (χ1) is 12.1. The lowest BCUT2D eigenvalue weighted by molar-refractivity contribution is 0.0237. The van der Waals surface area contributed by atoms with Crippen molar-refractivity contribution in [3.63, 3.8) is 0 Å². The summed E-state index contributed by atoms with van der Waals surface area (Å²) in [5, 5.41) is 2.97. The third-order valence-electron chi connectivity index (χ3n) is 4.29. The van der Waals surface area contributed by atoms with Gasteiger partial charge in [0.1, 0.15) is 6.10 Å². The standard InChI is InChI=1S/C20H24N2O3/c1-14(2)17-5-3-4-6-18(17)22-20(23)15-7-8-19(21-13-15)25-16-9-11-24-12-10-16/h3-8,13-14,16H,9-12H2,1-2H3,(H,22,23). The van der Waals surface area contributed by atoms with Crippen LogP contribution in [0.1, 0.15) is 48.5 Å². The first kappa shape index (κ1) is 17.4. The number of hydrogen-bond donors (Lipinski definition) is 1. The lowest BCUT2D eigenvalue weighted by atomic mass is 10.0. The van der Waals surface area contributed by atoms with E-state index in [0.29, 0.717) is 17.4 Å². The number of carbonyl (C=O) groups is 1. The van der Waals surface area contributed by atoms with Gasteiger partial charge in [-0.3, -0.25) is 4.79 Å². The summed E-state index contributed by atoms with van der Waals surface area (Å²) >= 11 is 0. The normalized spacial score (nSPS) is 15.2. The Morgan fingerprint density at radius 1 is 1.20 bits per heavy atom. The van der Waals surface area contributed by atoms with Gasteiger partial charge in [-0.05, 0) is 23.6 Å². The predicted molar refractivity (Wildman–Crippen MR) is 97.2 cm³/mol.